The van der Waals surface area contributed by atoms with Crippen LogP contribution in [-0.4, -0.2) is 30.1 Å². The molecule has 1 aromatic heterocycles. The third-order valence-electron chi connectivity index (χ3n) is 4.19. The summed E-state index contributed by atoms with van der Waals surface area (Å²) in [5.74, 6) is 2.13. The summed E-state index contributed by atoms with van der Waals surface area (Å²) in [5.41, 5.74) is 0.417. The van der Waals surface area contributed by atoms with Gasteiger partial charge in [0.2, 0.25) is 0 Å². The van der Waals surface area contributed by atoms with Gasteiger partial charge in [0, 0.05) is 25.2 Å². The van der Waals surface area contributed by atoms with E-state index in [0.29, 0.717) is 5.54 Å². The van der Waals surface area contributed by atoms with E-state index in [-0.39, 0.29) is 0 Å². The summed E-state index contributed by atoms with van der Waals surface area (Å²) in [6.45, 7) is 6.44. The van der Waals surface area contributed by atoms with Crippen LogP contribution in [0.1, 0.15) is 37.2 Å². The maximum Gasteiger partial charge on any atom is 0.118 e. The summed E-state index contributed by atoms with van der Waals surface area (Å²) in [6, 6.07) is 4.17. The summed E-state index contributed by atoms with van der Waals surface area (Å²) >= 11 is 0. The maximum absolute atomic E-state index is 5.68. The molecular formula is C14H22N2O. The molecule has 2 fully saturated rings. The van der Waals surface area contributed by atoms with Crippen LogP contribution < -0.4 is 5.32 Å². The second kappa shape index (κ2) is 4.46. The molecule has 3 nitrogen and oxygen atoms in total. The Balaban J connectivity index is 1.64. The Morgan fingerprint density at radius 3 is 2.88 bits per heavy atom. The molecule has 2 heterocycles. The zero-order chi connectivity index (χ0) is 11.7. The molecule has 3 heteroatoms. The summed E-state index contributed by atoms with van der Waals surface area (Å²) in [7, 11) is 0. The first-order valence-electron chi connectivity index (χ1n) is 6.79. The molecule has 94 valence electrons. The molecular weight excluding hydrogens is 212 g/mol. The summed E-state index contributed by atoms with van der Waals surface area (Å²) < 4.78 is 5.68. The van der Waals surface area contributed by atoms with Crippen molar-refractivity contribution in [3.05, 3.63) is 23.7 Å². The van der Waals surface area contributed by atoms with Gasteiger partial charge in [-0.3, -0.25) is 4.90 Å². The highest BCUT2D eigenvalue weighted by Gasteiger charge is 2.37. The molecule has 0 unspecified atom stereocenters. The van der Waals surface area contributed by atoms with Gasteiger partial charge in [-0.15, -0.1) is 0 Å². The van der Waals surface area contributed by atoms with Crippen molar-refractivity contribution in [2.45, 2.75) is 44.7 Å². The van der Waals surface area contributed by atoms with Gasteiger partial charge in [-0.05, 0) is 31.9 Å². The minimum Gasteiger partial charge on any atom is -0.465 e. The van der Waals surface area contributed by atoms with Crippen molar-refractivity contribution >= 4 is 0 Å². The van der Waals surface area contributed by atoms with Crippen LogP contribution in [0.15, 0.2) is 16.5 Å². The lowest BCUT2D eigenvalue weighted by atomic mass is 9.94. The molecule has 0 radical (unpaired) electrons. The molecule has 0 amide bonds. The van der Waals surface area contributed by atoms with E-state index in [9.17, 15) is 0 Å². The van der Waals surface area contributed by atoms with Gasteiger partial charge in [-0.1, -0.05) is 12.8 Å². The minimum atomic E-state index is 0.417. The summed E-state index contributed by atoms with van der Waals surface area (Å²) in [6.07, 6.45) is 5.47. The number of rotatable bonds is 2. The number of hydrogen-bond donors (Lipinski definition) is 1. The minimum absolute atomic E-state index is 0.417. The average molecular weight is 234 g/mol. The lowest BCUT2D eigenvalue weighted by Gasteiger charge is -2.41. The van der Waals surface area contributed by atoms with E-state index in [1.165, 1.54) is 32.2 Å². The van der Waals surface area contributed by atoms with E-state index in [0.717, 1.165) is 31.2 Å². The molecule has 1 aromatic rings. The third-order valence-corrected chi connectivity index (χ3v) is 4.19. The Labute approximate surface area is 103 Å². The number of nitrogens with one attached hydrogen (secondary N) is 1. The normalized spacial score (nSPS) is 24.5. The Morgan fingerprint density at radius 1 is 1.35 bits per heavy atom. The fourth-order valence-electron chi connectivity index (χ4n) is 3.35. The molecule has 1 aliphatic carbocycles. The van der Waals surface area contributed by atoms with Crippen molar-refractivity contribution in [2.75, 3.05) is 19.6 Å². The number of piperazine rings is 1. The topological polar surface area (TPSA) is 28.4 Å². The van der Waals surface area contributed by atoms with Gasteiger partial charge in [0.05, 0.1) is 6.54 Å². The monoisotopic (exact) mass is 234 g/mol. The smallest absolute Gasteiger partial charge is 0.118 e. The van der Waals surface area contributed by atoms with Crippen LogP contribution in [0.2, 0.25) is 0 Å². The number of hydrogen-bond acceptors (Lipinski definition) is 3. The maximum atomic E-state index is 5.68. The first-order valence-corrected chi connectivity index (χ1v) is 6.79. The molecule has 1 spiro atoms. The van der Waals surface area contributed by atoms with Crippen LogP contribution in [0, 0.1) is 6.92 Å². The van der Waals surface area contributed by atoms with E-state index in [2.05, 4.69) is 22.3 Å². The third kappa shape index (κ3) is 2.40. The second-order valence-electron chi connectivity index (χ2n) is 5.64. The first kappa shape index (κ1) is 11.3. The van der Waals surface area contributed by atoms with Crippen molar-refractivity contribution in [3.8, 4) is 0 Å². The van der Waals surface area contributed by atoms with Gasteiger partial charge < -0.3 is 9.73 Å². The first-order chi connectivity index (χ1) is 8.26. The van der Waals surface area contributed by atoms with Crippen LogP contribution in [0.25, 0.3) is 0 Å². The molecule has 17 heavy (non-hydrogen) atoms. The predicted octanol–water partition coefficient (Wildman–Crippen LogP) is 2.31. The van der Waals surface area contributed by atoms with E-state index in [1.54, 1.807) is 0 Å². The van der Waals surface area contributed by atoms with Crippen LogP contribution in [0.3, 0.4) is 0 Å². The molecule has 2 aliphatic rings. The summed E-state index contributed by atoms with van der Waals surface area (Å²) in [5, 5.41) is 3.74. The van der Waals surface area contributed by atoms with Crippen molar-refractivity contribution in [1.82, 2.24) is 10.2 Å². The Hall–Kier alpha value is -0.800. The van der Waals surface area contributed by atoms with Gasteiger partial charge in [-0.2, -0.15) is 0 Å². The molecule has 0 bridgehead atoms. The lowest BCUT2D eigenvalue weighted by Crippen LogP contribution is -2.58. The molecule has 1 saturated carbocycles. The van der Waals surface area contributed by atoms with E-state index < -0.39 is 0 Å². The van der Waals surface area contributed by atoms with E-state index in [1.807, 2.05) is 6.92 Å². The highest BCUT2D eigenvalue weighted by atomic mass is 16.3. The van der Waals surface area contributed by atoms with Crippen molar-refractivity contribution in [3.63, 3.8) is 0 Å². The fourth-order valence-corrected chi connectivity index (χ4v) is 3.35. The number of furan rings is 1. The molecule has 0 atom stereocenters. The van der Waals surface area contributed by atoms with Gasteiger partial charge in [-0.25, -0.2) is 0 Å². The number of nitrogens with zero attached hydrogens (tertiary/aromatic N) is 1. The SMILES string of the molecule is Cc1ccc(CN2CCNC3(CCCC3)C2)o1. The number of aryl methyl sites for hydroxylation is 1. The van der Waals surface area contributed by atoms with Gasteiger partial charge in [0.15, 0.2) is 0 Å². The molecule has 3 rings (SSSR count). The fraction of sp³-hybridized carbons (Fsp3) is 0.714. The zero-order valence-corrected chi connectivity index (χ0v) is 10.7. The van der Waals surface area contributed by atoms with Crippen LogP contribution in [-0.2, 0) is 6.54 Å². The highest BCUT2D eigenvalue weighted by Crippen LogP contribution is 2.32. The standard InChI is InChI=1S/C14H22N2O/c1-12-4-5-13(17-12)10-16-9-8-15-14(11-16)6-2-3-7-14/h4-5,15H,2-3,6-11H2,1H3. The van der Waals surface area contributed by atoms with Gasteiger partial charge in [0.25, 0.3) is 0 Å². The van der Waals surface area contributed by atoms with Crippen LogP contribution in [0.5, 0.6) is 0 Å². The zero-order valence-electron chi connectivity index (χ0n) is 10.7. The molecule has 1 N–H and O–H groups in total. The Bertz CT molecular complexity index is 379. The second-order valence-corrected chi connectivity index (χ2v) is 5.64. The van der Waals surface area contributed by atoms with Crippen molar-refractivity contribution in [1.29, 1.82) is 0 Å². The summed E-state index contributed by atoms with van der Waals surface area (Å²) in [4.78, 5) is 2.54. The largest absolute Gasteiger partial charge is 0.465 e. The predicted molar refractivity (Wildman–Crippen MR) is 67.9 cm³/mol. The Morgan fingerprint density at radius 2 is 2.18 bits per heavy atom. The van der Waals surface area contributed by atoms with Crippen molar-refractivity contribution < 1.29 is 4.42 Å². The van der Waals surface area contributed by atoms with Crippen LogP contribution >= 0.6 is 0 Å². The molecule has 1 aliphatic heterocycles. The van der Waals surface area contributed by atoms with Gasteiger partial charge in [0.1, 0.15) is 11.5 Å². The van der Waals surface area contributed by atoms with E-state index in [4.69, 9.17) is 4.42 Å². The van der Waals surface area contributed by atoms with Crippen LogP contribution in [0.4, 0.5) is 0 Å². The highest BCUT2D eigenvalue weighted by molar-refractivity contribution is 5.06. The van der Waals surface area contributed by atoms with E-state index >= 15 is 0 Å². The van der Waals surface area contributed by atoms with Crippen molar-refractivity contribution in [2.24, 2.45) is 0 Å². The quantitative estimate of drug-likeness (QED) is 0.851. The molecule has 1 saturated heterocycles. The average Bonchev–Trinajstić information content (AvgIpc) is 2.89. The lowest BCUT2D eigenvalue weighted by molar-refractivity contribution is 0.121. The Kier molecular flexibility index (Phi) is 2.97. The van der Waals surface area contributed by atoms with Gasteiger partial charge >= 0.3 is 0 Å². The molecule has 0 aromatic carbocycles.